The Morgan fingerprint density at radius 1 is 1.00 bits per heavy atom. The van der Waals surface area contributed by atoms with Crippen LogP contribution in [0.25, 0.3) is 10.8 Å². The first-order valence-corrected chi connectivity index (χ1v) is 10.8. The van der Waals surface area contributed by atoms with Crippen molar-refractivity contribution < 1.29 is 9.72 Å². The van der Waals surface area contributed by atoms with Gasteiger partial charge in [0.2, 0.25) is 9.70 Å². The highest BCUT2D eigenvalue weighted by atomic mass is 35.6. The first-order valence-electron chi connectivity index (χ1n) is 9.28. The van der Waals surface area contributed by atoms with Crippen molar-refractivity contribution in [2.24, 2.45) is 0 Å². The second-order valence-electron chi connectivity index (χ2n) is 6.76. The van der Waals surface area contributed by atoms with Crippen molar-refractivity contribution in [2.45, 2.75) is 16.4 Å². The fraction of sp³-hybridized carbons (Fsp3) is 0.143. The molecular weight excluding hydrogens is 495 g/mol. The summed E-state index contributed by atoms with van der Waals surface area (Å²) in [5, 5.41) is 21.0. The maximum atomic E-state index is 12.7. The molecule has 11 heteroatoms. The Balaban J connectivity index is 1.66. The summed E-state index contributed by atoms with van der Waals surface area (Å²) in [7, 11) is 0. The molecule has 0 aromatic heterocycles. The first kappa shape index (κ1) is 24.0. The number of nitro groups is 1. The van der Waals surface area contributed by atoms with E-state index in [1.54, 1.807) is 0 Å². The van der Waals surface area contributed by atoms with E-state index in [-0.39, 0.29) is 23.1 Å². The molecule has 3 aromatic rings. The van der Waals surface area contributed by atoms with Crippen LogP contribution in [0.5, 0.6) is 0 Å². The average Bonchev–Trinajstić information content (AvgIpc) is 2.73. The lowest BCUT2D eigenvalue weighted by atomic mass is 10.0. The highest BCUT2D eigenvalue weighted by Gasteiger charge is 2.34. The number of benzene rings is 3. The lowest BCUT2D eigenvalue weighted by Crippen LogP contribution is -2.56. The number of halogens is 3. The van der Waals surface area contributed by atoms with E-state index in [0.717, 1.165) is 16.3 Å². The van der Waals surface area contributed by atoms with Gasteiger partial charge in [-0.15, -0.1) is 0 Å². The van der Waals surface area contributed by atoms with Gasteiger partial charge in [-0.2, -0.15) is 0 Å². The summed E-state index contributed by atoms with van der Waals surface area (Å²) in [6, 6.07) is 19.0. The standard InChI is InChI=1S/C21H17Cl3N4O3S/c22-21(23,24)19(27-20(32)25-15-8-10-16(11-9-15)28(30)31)26-18(29)12-14-6-3-5-13-4-1-2-7-17(13)14/h1-11,19H,12H2,(H,26,29)(H2,25,27,32)/t19-/m0/s1. The summed E-state index contributed by atoms with van der Waals surface area (Å²) >= 11 is 23.3. The van der Waals surface area contributed by atoms with E-state index >= 15 is 0 Å². The van der Waals surface area contributed by atoms with Crippen LogP contribution in [0.3, 0.4) is 0 Å². The normalized spacial score (nSPS) is 12.1. The molecule has 1 amide bonds. The number of nitrogens with zero attached hydrogens (tertiary/aromatic N) is 1. The van der Waals surface area contributed by atoms with Crippen molar-refractivity contribution >= 4 is 80.2 Å². The molecule has 3 N–H and O–H groups in total. The third-order valence-corrected chi connectivity index (χ3v) is 5.35. The number of fused-ring (bicyclic) bond motifs is 1. The zero-order chi connectivity index (χ0) is 23.3. The number of hydrogen-bond acceptors (Lipinski definition) is 4. The predicted molar refractivity (Wildman–Crippen MR) is 132 cm³/mol. The molecule has 3 rings (SSSR count). The molecule has 32 heavy (non-hydrogen) atoms. The van der Waals surface area contributed by atoms with Gasteiger partial charge in [-0.1, -0.05) is 77.3 Å². The van der Waals surface area contributed by atoms with Gasteiger partial charge in [0.1, 0.15) is 6.17 Å². The molecule has 0 bridgehead atoms. The van der Waals surface area contributed by atoms with Crippen LogP contribution in [0.1, 0.15) is 5.56 Å². The van der Waals surface area contributed by atoms with Crippen molar-refractivity contribution in [1.29, 1.82) is 0 Å². The Hall–Kier alpha value is -2.65. The molecule has 0 unspecified atom stereocenters. The van der Waals surface area contributed by atoms with E-state index in [0.29, 0.717) is 5.69 Å². The number of amides is 1. The molecular formula is C21H17Cl3N4O3S. The largest absolute Gasteiger partial charge is 0.339 e. The monoisotopic (exact) mass is 510 g/mol. The van der Waals surface area contributed by atoms with Gasteiger partial charge in [-0.05, 0) is 40.7 Å². The van der Waals surface area contributed by atoms with Crippen LogP contribution >= 0.6 is 47.0 Å². The van der Waals surface area contributed by atoms with Gasteiger partial charge >= 0.3 is 0 Å². The van der Waals surface area contributed by atoms with Gasteiger partial charge in [0, 0.05) is 17.8 Å². The second-order valence-corrected chi connectivity index (χ2v) is 9.54. The van der Waals surface area contributed by atoms with Crippen molar-refractivity contribution in [3.63, 3.8) is 0 Å². The summed E-state index contributed by atoms with van der Waals surface area (Å²) in [6.07, 6.45) is -1.06. The van der Waals surface area contributed by atoms with Gasteiger partial charge in [0.05, 0.1) is 11.3 Å². The van der Waals surface area contributed by atoms with E-state index in [1.807, 2.05) is 42.5 Å². The fourth-order valence-electron chi connectivity index (χ4n) is 3.00. The zero-order valence-corrected chi connectivity index (χ0v) is 19.4. The van der Waals surface area contributed by atoms with E-state index in [2.05, 4.69) is 16.0 Å². The number of alkyl halides is 3. The summed E-state index contributed by atoms with van der Waals surface area (Å²) in [5.74, 6) is -0.372. The van der Waals surface area contributed by atoms with Crippen molar-refractivity contribution in [2.75, 3.05) is 5.32 Å². The van der Waals surface area contributed by atoms with Gasteiger partial charge < -0.3 is 16.0 Å². The highest BCUT2D eigenvalue weighted by molar-refractivity contribution is 7.80. The minimum atomic E-state index is -1.91. The lowest BCUT2D eigenvalue weighted by Gasteiger charge is -2.28. The Morgan fingerprint density at radius 3 is 2.31 bits per heavy atom. The third kappa shape index (κ3) is 6.43. The number of non-ortho nitro benzene ring substituents is 1. The number of nitrogens with one attached hydrogen (secondary N) is 3. The Kier molecular flexibility index (Phi) is 7.73. The Labute approximate surface area is 204 Å². The second kappa shape index (κ2) is 10.3. The van der Waals surface area contributed by atoms with Crippen LogP contribution < -0.4 is 16.0 Å². The van der Waals surface area contributed by atoms with Gasteiger partial charge in [-0.3, -0.25) is 14.9 Å². The number of thiocarbonyl (C=S) groups is 1. The number of rotatable bonds is 6. The Bertz CT molecular complexity index is 1150. The van der Waals surface area contributed by atoms with E-state index in [9.17, 15) is 14.9 Å². The summed E-state index contributed by atoms with van der Waals surface area (Å²) in [5.41, 5.74) is 1.25. The maximum absolute atomic E-state index is 12.7. The summed E-state index contributed by atoms with van der Waals surface area (Å²) in [4.78, 5) is 22.9. The Morgan fingerprint density at radius 2 is 1.66 bits per heavy atom. The molecule has 0 heterocycles. The third-order valence-electron chi connectivity index (χ3n) is 4.48. The summed E-state index contributed by atoms with van der Waals surface area (Å²) < 4.78 is -1.91. The van der Waals surface area contributed by atoms with E-state index in [1.165, 1.54) is 24.3 Å². The quantitative estimate of drug-likeness (QED) is 0.140. The van der Waals surface area contributed by atoms with E-state index in [4.69, 9.17) is 47.0 Å². The van der Waals surface area contributed by atoms with Crippen LogP contribution in [-0.4, -0.2) is 25.9 Å². The van der Waals surface area contributed by atoms with Crippen LogP contribution in [0.2, 0.25) is 0 Å². The molecule has 7 nitrogen and oxygen atoms in total. The van der Waals surface area contributed by atoms with Gasteiger partial charge in [0.15, 0.2) is 5.11 Å². The minimum absolute atomic E-state index is 0.0561. The molecule has 0 aliphatic rings. The van der Waals surface area contributed by atoms with Gasteiger partial charge in [-0.25, -0.2) is 0 Å². The molecule has 0 spiro atoms. The molecule has 166 valence electrons. The fourth-order valence-corrected chi connectivity index (χ4v) is 3.56. The molecule has 0 saturated carbocycles. The van der Waals surface area contributed by atoms with E-state index < -0.39 is 14.9 Å². The smallest absolute Gasteiger partial charge is 0.269 e. The molecule has 0 saturated heterocycles. The average molecular weight is 512 g/mol. The predicted octanol–water partition coefficient (Wildman–Crippen LogP) is 5.09. The van der Waals surface area contributed by atoms with Gasteiger partial charge in [0.25, 0.3) is 5.69 Å². The maximum Gasteiger partial charge on any atom is 0.269 e. The van der Waals surface area contributed by atoms with Crippen LogP contribution in [0.15, 0.2) is 66.7 Å². The number of carbonyl (C=O) groups is 1. The number of hydrogen-bond donors (Lipinski definition) is 3. The summed E-state index contributed by atoms with van der Waals surface area (Å²) in [6.45, 7) is 0. The number of anilines is 1. The SMILES string of the molecule is O=C(Cc1cccc2ccccc12)N[C@@H](NC(=S)Nc1ccc([N+](=O)[O-])cc1)C(Cl)(Cl)Cl. The van der Waals surface area contributed by atoms with Crippen molar-refractivity contribution in [3.8, 4) is 0 Å². The number of nitro benzene ring substituents is 1. The molecule has 1 atom stereocenters. The first-order chi connectivity index (χ1) is 15.1. The van der Waals surface area contributed by atoms with Crippen LogP contribution in [0, 0.1) is 10.1 Å². The van der Waals surface area contributed by atoms with Crippen LogP contribution in [-0.2, 0) is 11.2 Å². The van der Waals surface area contributed by atoms with Crippen molar-refractivity contribution in [3.05, 3.63) is 82.4 Å². The molecule has 3 aromatic carbocycles. The van der Waals surface area contributed by atoms with Crippen molar-refractivity contribution in [1.82, 2.24) is 10.6 Å². The lowest BCUT2D eigenvalue weighted by molar-refractivity contribution is -0.384. The highest BCUT2D eigenvalue weighted by Crippen LogP contribution is 2.29. The minimum Gasteiger partial charge on any atom is -0.339 e. The topological polar surface area (TPSA) is 96.3 Å². The number of carbonyl (C=O) groups excluding carboxylic acids is 1. The van der Waals surface area contributed by atoms with Crippen LogP contribution in [0.4, 0.5) is 11.4 Å². The molecule has 0 radical (unpaired) electrons. The molecule has 0 fully saturated rings. The molecule has 0 aliphatic carbocycles. The molecule has 0 aliphatic heterocycles. The zero-order valence-electron chi connectivity index (χ0n) is 16.3.